The van der Waals surface area contributed by atoms with Gasteiger partial charge in [-0.05, 0) is 39.4 Å². The number of nitrogens with one attached hydrogen (secondary N) is 1. The highest BCUT2D eigenvalue weighted by atomic mass is 16.5. The normalized spacial score (nSPS) is 20.6. The van der Waals surface area contributed by atoms with E-state index in [0.717, 1.165) is 30.6 Å². The molecule has 0 radical (unpaired) electrons. The van der Waals surface area contributed by atoms with Gasteiger partial charge in [0, 0.05) is 20.1 Å². The van der Waals surface area contributed by atoms with E-state index in [1.165, 1.54) is 25.1 Å². The molecular formula is C13H24N4O. The number of nitrogens with zero attached hydrogens (tertiary/aromatic N) is 3. The van der Waals surface area contributed by atoms with Crippen LogP contribution >= 0.6 is 0 Å². The summed E-state index contributed by atoms with van der Waals surface area (Å²) in [5.74, 6) is 1.67. The maximum atomic E-state index is 5.44. The average molecular weight is 252 g/mol. The molecule has 0 aromatic carbocycles. The highest BCUT2D eigenvalue weighted by molar-refractivity contribution is 5.30. The largest absolute Gasteiger partial charge is 0.481 e. The molecule has 0 spiro atoms. The molecule has 5 nitrogen and oxygen atoms in total. The topological polar surface area (TPSA) is 42.3 Å². The van der Waals surface area contributed by atoms with Gasteiger partial charge in [0.15, 0.2) is 0 Å². The molecule has 1 atom stereocenters. The van der Waals surface area contributed by atoms with Crippen LogP contribution in [0.4, 0.5) is 0 Å². The average Bonchev–Trinajstić information content (AvgIpc) is 2.86. The van der Waals surface area contributed by atoms with Gasteiger partial charge in [0.1, 0.15) is 0 Å². The molecule has 102 valence electrons. The van der Waals surface area contributed by atoms with E-state index in [-0.39, 0.29) is 0 Å². The first-order chi connectivity index (χ1) is 8.65. The van der Waals surface area contributed by atoms with Crippen LogP contribution in [0, 0.1) is 12.8 Å². The number of aryl methyl sites for hydroxylation is 2. The summed E-state index contributed by atoms with van der Waals surface area (Å²) in [6, 6.07) is 0. The Balaban J connectivity index is 2.02. The fourth-order valence-corrected chi connectivity index (χ4v) is 2.85. The Hall–Kier alpha value is -1.07. The Morgan fingerprint density at radius 2 is 2.28 bits per heavy atom. The Morgan fingerprint density at radius 1 is 1.50 bits per heavy atom. The molecule has 1 N–H and O–H groups in total. The van der Waals surface area contributed by atoms with Crippen molar-refractivity contribution in [2.75, 3.05) is 33.8 Å². The molecule has 0 saturated carbocycles. The maximum Gasteiger partial charge on any atom is 0.216 e. The third-order valence-electron chi connectivity index (χ3n) is 3.73. The van der Waals surface area contributed by atoms with Crippen molar-refractivity contribution in [2.45, 2.75) is 19.9 Å². The van der Waals surface area contributed by atoms with Crippen molar-refractivity contribution in [3.63, 3.8) is 0 Å². The zero-order chi connectivity index (χ0) is 13.1. The molecular weight excluding hydrogens is 228 g/mol. The van der Waals surface area contributed by atoms with Gasteiger partial charge in [-0.1, -0.05) is 0 Å². The minimum Gasteiger partial charge on any atom is -0.481 e. The fraction of sp³-hybridized carbons (Fsp3) is 0.769. The van der Waals surface area contributed by atoms with Gasteiger partial charge in [-0.3, -0.25) is 4.90 Å². The number of rotatable bonds is 5. The second-order valence-corrected chi connectivity index (χ2v) is 5.14. The quantitative estimate of drug-likeness (QED) is 0.841. The summed E-state index contributed by atoms with van der Waals surface area (Å²) in [5, 5.41) is 7.70. The summed E-state index contributed by atoms with van der Waals surface area (Å²) < 4.78 is 7.27. The molecule has 2 heterocycles. The van der Waals surface area contributed by atoms with E-state index in [1.54, 1.807) is 7.11 Å². The number of hydrogen-bond donors (Lipinski definition) is 1. The summed E-state index contributed by atoms with van der Waals surface area (Å²) in [5.41, 5.74) is 2.30. The molecule has 0 aliphatic carbocycles. The Morgan fingerprint density at radius 3 is 2.94 bits per heavy atom. The van der Waals surface area contributed by atoms with E-state index in [1.807, 2.05) is 18.8 Å². The second-order valence-electron chi connectivity index (χ2n) is 5.14. The predicted molar refractivity (Wildman–Crippen MR) is 71.8 cm³/mol. The van der Waals surface area contributed by atoms with E-state index < -0.39 is 0 Å². The third kappa shape index (κ3) is 2.67. The van der Waals surface area contributed by atoms with Crippen LogP contribution in [0.2, 0.25) is 0 Å². The molecule has 1 saturated heterocycles. The lowest BCUT2D eigenvalue weighted by atomic mass is 10.1. The Labute approximate surface area is 109 Å². The molecule has 1 aromatic rings. The molecule has 18 heavy (non-hydrogen) atoms. The minimum absolute atomic E-state index is 0.776. The van der Waals surface area contributed by atoms with Gasteiger partial charge in [-0.25, -0.2) is 4.68 Å². The SMILES string of the molecule is CNCC1CCN(Cc2c(C)nn(C)c2OC)C1. The monoisotopic (exact) mass is 252 g/mol. The lowest BCUT2D eigenvalue weighted by Crippen LogP contribution is -2.24. The van der Waals surface area contributed by atoms with Crippen LogP contribution in [0.3, 0.4) is 0 Å². The fourth-order valence-electron chi connectivity index (χ4n) is 2.85. The van der Waals surface area contributed by atoms with Crippen molar-refractivity contribution in [1.29, 1.82) is 0 Å². The van der Waals surface area contributed by atoms with Crippen LogP contribution in [-0.4, -0.2) is 48.5 Å². The summed E-state index contributed by atoms with van der Waals surface area (Å²) >= 11 is 0. The predicted octanol–water partition coefficient (Wildman–Crippen LogP) is 0.778. The zero-order valence-electron chi connectivity index (χ0n) is 11.9. The molecule has 0 bridgehead atoms. The minimum atomic E-state index is 0.776. The second kappa shape index (κ2) is 5.71. The number of ether oxygens (including phenoxy) is 1. The van der Waals surface area contributed by atoms with E-state index >= 15 is 0 Å². The molecule has 2 rings (SSSR count). The highest BCUT2D eigenvalue weighted by Gasteiger charge is 2.24. The standard InChI is InChI=1S/C13H24N4O/c1-10-12(13(18-4)16(3)15-10)9-17-6-5-11(8-17)7-14-2/h11,14H,5-9H2,1-4H3. The number of likely N-dealkylation sites (tertiary alicyclic amines) is 1. The van der Waals surface area contributed by atoms with E-state index in [9.17, 15) is 0 Å². The third-order valence-corrected chi connectivity index (χ3v) is 3.73. The number of aromatic nitrogens is 2. The van der Waals surface area contributed by atoms with Crippen molar-refractivity contribution in [2.24, 2.45) is 13.0 Å². The molecule has 1 fully saturated rings. The Bertz CT molecular complexity index is 402. The number of methoxy groups -OCH3 is 1. The summed E-state index contributed by atoms with van der Waals surface area (Å²) in [6.07, 6.45) is 1.28. The maximum absolute atomic E-state index is 5.44. The van der Waals surface area contributed by atoms with Gasteiger partial charge in [0.25, 0.3) is 0 Å². The van der Waals surface area contributed by atoms with Crippen LogP contribution in [0.5, 0.6) is 5.88 Å². The van der Waals surface area contributed by atoms with Gasteiger partial charge >= 0.3 is 0 Å². The van der Waals surface area contributed by atoms with Gasteiger partial charge < -0.3 is 10.1 Å². The van der Waals surface area contributed by atoms with Crippen LogP contribution in [0.25, 0.3) is 0 Å². The van der Waals surface area contributed by atoms with Crippen molar-refractivity contribution in [3.05, 3.63) is 11.3 Å². The highest BCUT2D eigenvalue weighted by Crippen LogP contribution is 2.25. The summed E-state index contributed by atoms with van der Waals surface area (Å²) in [6.45, 7) is 6.45. The van der Waals surface area contributed by atoms with Gasteiger partial charge in [-0.2, -0.15) is 5.10 Å². The van der Waals surface area contributed by atoms with E-state index in [0.29, 0.717) is 0 Å². The van der Waals surface area contributed by atoms with Crippen LogP contribution < -0.4 is 10.1 Å². The molecule has 1 aromatic heterocycles. The van der Waals surface area contributed by atoms with E-state index in [2.05, 4.69) is 22.2 Å². The van der Waals surface area contributed by atoms with Gasteiger partial charge in [0.05, 0.1) is 18.4 Å². The van der Waals surface area contributed by atoms with Crippen LogP contribution in [0.1, 0.15) is 17.7 Å². The first-order valence-corrected chi connectivity index (χ1v) is 6.59. The first-order valence-electron chi connectivity index (χ1n) is 6.59. The van der Waals surface area contributed by atoms with Crippen molar-refractivity contribution < 1.29 is 4.74 Å². The van der Waals surface area contributed by atoms with Crippen molar-refractivity contribution in [1.82, 2.24) is 20.0 Å². The molecule has 5 heteroatoms. The first kappa shape index (κ1) is 13.4. The molecule has 1 aliphatic heterocycles. The van der Waals surface area contributed by atoms with Gasteiger partial charge in [0.2, 0.25) is 5.88 Å². The summed E-state index contributed by atoms with van der Waals surface area (Å²) in [7, 11) is 5.67. The Kier molecular flexibility index (Phi) is 4.24. The number of hydrogen-bond acceptors (Lipinski definition) is 4. The molecule has 1 aliphatic rings. The van der Waals surface area contributed by atoms with Gasteiger partial charge in [-0.15, -0.1) is 0 Å². The summed E-state index contributed by atoms with van der Waals surface area (Å²) in [4.78, 5) is 2.49. The lowest BCUT2D eigenvalue weighted by molar-refractivity contribution is 0.303. The van der Waals surface area contributed by atoms with Crippen LogP contribution in [0.15, 0.2) is 0 Å². The molecule has 0 amide bonds. The van der Waals surface area contributed by atoms with E-state index in [4.69, 9.17) is 4.74 Å². The van der Waals surface area contributed by atoms with Crippen molar-refractivity contribution in [3.8, 4) is 5.88 Å². The lowest BCUT2D eigenvalue weighted by Gasteiger charge is -2.16. The van der Waals surface area contributed by atoms with Crippen molar-refractivity contribution >= 4 is 0 Å². The smallest absolute Gasteiger partial charge is 0.216 e. The van der Waals surface area contributed by atoms with Crippen LogP contribution in [-0.2, 0) is 13.6 Å². The zero-order valence-corrected chi connectivity index (χ0v) is 11.9. The molecule has 1 unspecified atom stereocenters.